The minimum absolute atomic E-state index is 0.0776. The zero-order chi connectivity index (χ0) is 20.8. The number of hydrogen-bond donors (Lipinski definition) is 2. The van der Waals surface area contributed by atoms with Crippen LogP contribution in [0.1, 0.15) is 20.7 Å². The number of methoxy groups -OCH3 is 2. The van der Waals surface area contributed by atoms with Gasteiger partial charge in [-0.2, -0.15) is 0 Å². The highest BCUT2D eigenvalue weighted by atomic mass is 19.1. The molecule has 148 valence electrons. The van der Waals surface area contributed by atoms with Gasteiger partial charge in [0.1, 0.15) is 17.3 Å². The third kappa shape index (κ3) is 4.90. The number of halogens is 1. The van der Waals surface area contributed by atoms with Gasteiger partial charge in [-0.15, -0.1) is 0 Å². The van der Waals surface area contributed by atoms with Gasteiger partial charge in [-0.1, -0.05) is 0 Å². The number of amides is 2. The molecule has 0 heterocycles. The molecule has 0 aliphatic rings. The Morgan fingerprint density at radius 3 is 1.93 bits per heavy atom. The molecule has 29 heavy (non-hydrogen) atoms. The van der Waals surface area contributed by atoms with Crippen LogP contribution in [0.15, 0.2) is 66.7 Å². The van der Waals surface area contributed by atoms with E-state index in [0.29, 0.717) is 22.7 Å². The minimum atomic E-state index is -0.540. The van der Waals surface area contributed by atoms with Crippen molar-refractivity contribution in [2.75, 3.05) is 24.9 Å². The molecule has 0 atom stereocenters. The van der Waals surface area contributed by atoms with E-state index in [0.717, 1.165) is 6.07 Å². The van der Waals surface area contributed by atoms with E-state index in [1.807, 2.05) is 0 Å². The Bertz CT molecular complexity index is 1020. The van der Waals surface area contributed by atoms with Gasteiger partial charge >= 0.3 is 0 Å². The van der Waals surface area contributed by atoms with Crippen molar-refractivity contribution < 1.29 is 23.5 Å². The van der Waals surface area contributed by atoms with Gasteiger partial charge < -0.3 is 20.1 Å². The number of carbonyl (C=O) groups is 2. The molecule has 3 aromatic rings. The molecule has 2 amide bonds. The second-order valence-electron chi connectivity index (χ2n) is 6.06. The molecule has 0 aliphatic carbocycles. The topological polar surface area (TPSA) is 76.7 Å². The van der Waals surface area contributed by atoms with Crippen molar-refractivity contribution in [2.45, 2.75) is 0 Å². The molecule has 0 saturated heterocycles. The average Bonchev–Trinajstić information content (AvgIpc) is 2.74. The fourth-order valence-electron chi connectivity index (χ4n) is 2.64. The first-order valence-corrected chi connectivity index (χ1v) is 8.70. The van der Waals surface area contributed by atoms with Gasteiger partial charge in [-0.05, 0) is 66.7 Å². The van der Waals surface area contributed by atoms with Crippen LogP contribution in [0.25, 0.3) is 0 Å². The third-order valence-electron chi connectivity index (χ3n) is 4.16. The molecule has 0 aromatic heterocycles. The highest BCUT2D eigenvalue weighted by molar-refractivity contribution is 6.07. The van der Waals surface area contributed by atoms with Crippen molar-refractivity contribution in [1.82, 2.24) is 0 Å². The van der Waals surface area contributed by atoms with Crippen LogP contribution >= 0.6 is 0 Å². The Morgan fingerprint density at radius 1 is 0.759 bits per heavy atom. The number of nitrogens with one attached hydrogen (secondary N) is 2. The molecule has 0 radical (unpaired) electrons. The van der Waals surface area contributed by atoms with Gasteiger partial charge in [0.05, 0.1) is 19.8 Å². The van der Waals surface area contributed by atoms with Gasteiger partial charge in [0.2, 0.25) is 0 Å². The summed E-state index contributed by atoms with van der Waals surface area (Å²) in [7, 11) is 2.97. The molecular weight excluding hydrogens is 375 g/mol. The summed E-state index contributed by atoms with van der Waals surface area (Å²) in [6, 6.07) is 17.0. The van der Waals surface area contributed by atoms with Gasteiger partial charge in [-0.25, -0.2) is 4.39 Å². The first kappa shape index (κ1) is 19.9. The van der Waals surface area contributed by atoms with Gasteiger partial charge in [-0.3, -0.25) is 9.59 Å². The molecule has 0 aliphatic heterocycles. The normalized spacial score (nSPS) is 10.2. The van der Waals surface area contributed by atoms with E-state index in [2.05, 4.69) is 10.6 Å². The minimum Gasteiger partial charge on any atom is -0.497 e. The van der Waals surface area contributed by atoms with Crippen molar-refractivity contribution >= 4 is 23.2 Å². The SMILES string of the molecule is COc1ccc(NC(=O)c2ccc(NC(=O)c3cc(F)ccc3OC)cc2)cc1. The van der Waals surface area contributed by atoms with E-state index in [4.69, 9.17) is 9.47 Å². The summed E-state index contributed by atoms with van der Waals surface area (Å²) >= 11 is 0. The summed E-state index contributed by atoms with van der Waals surface area (Å²) in [4.78, 5) is 24.8. The molecule has 0 fully saturated rings. The second-order valence-corrected chi connectivity index (χ2v) is 6.06. The van der Waals surface area contributed by atoms with Crippen LogP contribution in [0.3, 0.4) is 0 Å². The number of ether oxygens (including phenoxy) is 2. The summed E-state index contributed by atoms with van der Waals surface area (Å²) in [5.41, 5.74) is 1.59. The zero-order valence-electron chi connectivity index (χ0n) is 15.9. The first-order chi connectivity index (χ1) is 14.0. The summed E-state index contributed by atoms with van der Waals surface area (Å²) in [6.45, 7) is 0. The van der Waals surface area contributed by atoms with E-state index in [1.165, 1.54) is 19.2 Å². The predicted molar refractivity (Wildman–Crippen MR) is 108 cm³/mol. The fourth-order valence-corrected chi connectivity index (χ4v) is 2.64. The highest BCUT2D eigenvalue weighted by Crippen LogP contribution is 2.21. The van der Waals surface area contributed by atoms with Gasteiger partial charge in [0, 0.05) is 16.9 Å². The van der Waals surface area contributed by atoms with Crippen LogP contribution in [-0.2, 0) is 0 Å². The van der Waals surface area contributed by atoms with Crippen molar-refractivity contribution in [3.05, 3.63) is 83.7 Å². The van der Waals surface area contributed by atoms with E-state index < -0.39 is 11.7 Å². The maximum atomic E-state index is 13.5. The number of anilines is 2. The van der Waals surface area contributed by atoms with E-state index in [1.54, 1.807) is 55.6 Å². The van der Waals surface area contributed by atoms with Crippen LogP contribution < -0.4 is 20.1 Å². The molecule has 3 rings (SSSR count). The molecule has 0 unspecified atom stereocenters. The Kier molecular flexibility index (Phi) is 6.09. The lowest BCUT2D eigenvalue weighted by atomic mass is 10.1. The van der Waals surface area contributed by atoms with Crippen molar-refractivity contribution in [3.8, 4) is 11.5 Å². The predicted octanol–water partition coefficient (Wildman–Crippen LogP) is 4.35. The third-order valence-corrected chi connectivity index (χ3v) is 4.16. The van der Waals surface area contributed by atoms with Crippen molar-refractivity contribution in [2.24, 2.45) is 0 Å². The maximum absolute atomic E-state index is 13.5. The molecular formula is C22H19FN2O4. The Morgan fingerprint density at radius 2 is 1.34 bits per heavy atom. The molecule has 3 aromatic carbocycles. The summed E-state index contributed by atoms with van der Waals surface area (Å²) in [5.74, 6) is -0.393. The van der Waals surface area contributed by atoms with Crippen LogP contribution in [-0.4, -0.2) is 26.0 Å². The summed E-state index contributed by atoms with van der Waals surface area (Å²) in [5, 5.41) is 5.43. The smallest absolute Gasteiger partial charge is 0.259 e. The Hall–Kier alpha value is -3.87. The van der Waals surface area contributed by atoms with Gasteiger partial charge in [0.15, 0.2) is 0 Å². The first-order valence-electron chi connectivity index (χ1n) is 8.70. The van der Waals surface area contributed by atoms with Crippen LogP contribution in [0, 0.1) is 5.82 Å². The summed E-state index contributed by atoms with van der Waals surface area (Å²) < 4.78 is 23.6. The zero-order valence-corrected chi connectivity index (χ0v) is 15.9. The van der Waals surface area contributed by atoms with Crippen LogP contribution in [0.5, 0.6) is 11.5 Å². The lowest BCUT2D eigenvalue weighted by Crippen LogP contribution is -2.14. The Labute approximate surface area is 167 Å². The molecule has 0 bridgehead atoms. The molecule has 0 spiro atoms. The molecule has 6 nitrogen and oxygen atoms in total. The van der Waals surface area contributed by atoms with Crippen molar-refractivity contribution in [1.29, 1.82) is 0 Å². The second kappa shape index (κ2) is 8.88. The largest absolute Gasteiger partial charge is 0.497 e. The monoisotopic (exact) mass is 394 g/mol. The van der Waals surface area contributed by atoms with E-state index in [9.17, 15) is 14.0 Å². The lowest BCUT2D eigenvalue weighted by Gasteiger charge is -2.10. The summed E-state index contributed by atoms with van der Waals surface area (Å²) in [6.07, 6.45) is 0. The molecule has 7 heteroatoms. The van der Waals surface area contributed by atoms with Crippen LogP contribution in [0.4, 0.5) is 15.8 Å². The van der Waals surface area contributed by atoms with E-state index in [-0.39, 0.29) is 17.2 Å². The van der Waals surface area contributed by atoms with Gasteiger partial charge in [0.25, 0.3) is 11.8 Å². The standard InChI is InChI=1S/C22H19FN2O4/c1-28-18-10-8-17(9-11-18)24-21(26)14-3-6-16(7-4-14)25-22(27)19-13-15(23)5-12-20(19)29-2/h3-13H,1-2H3,(H,24,26)(H,25,27). The van der Waals surface area contributed by atoms with Crippen molar-refractivity contribution in [3.63, 3.8) is 0 Å². The lowest BCUT2D eigenvalue weighted by molar-refractivity contribution is 0.101. The highest BCUT2D eigenvalue weighted by Gasteiger charge is 2.14. The average molecular weight is 394 g/mol. The Balaban J connectivity index is 1.67. The van der Waals surface area contributed by atoms with E-state index >= 15 is 0 Å². The maximum Gasteiger partial charge on any atom is 0.259 e. The quantitative estimate of drug-likeness (QED) is 0.652. The fraction of sp³-hybridized carbons (Fsp3) is 0.0909. The molecule has 2 N–H and O–H groups in total. The number of benzene rings is 3. The number of hydrogen-bond acceptors (Lipinski definition) is 4. The number of rotatable bonds is 6. The number of carbonyl (C=O) groups excluding carboxylic acids is 2. The molecule has 0 saturated carbocycles. The van der Waals surface area contributed by atoms with Crippen LogP contribution in [0.2, 0.25) is 0 Å².